The fourth-order valence-electron chi connectivity index (χ4n) is 3.93. The maximum absolute atomic E-state index is 13.4. The quantitative estimate of drug-likeness (QED) is 0.304. The van der Waals surface area contributed by atoms with Crippen molar-refractivity contribution in [2.45, 2.75) is 12.6 Å². The zero-order chi connectivity index (χ0) is 24.1. The highest BCUT2D eigenvalue weighted by atomic mass is 19.1. The van der Waals surface area contributed by atoms with Gasteiger partial charge in [-0.15, -0.1) is 0 Å². The van der Waals surface area contributed by atoms with E-state index in [0.29, 0.717) is 17.9 Å². The largest absolute Gasteiger partial charge is 0.507 e. The number of benzene rings is 3. The molecule has 7 heteroatoms. The number of rotatable bonds is 8. The molecular formula is C27H24FNO5. The molecule has 0 radical (unpaired) electrons. The van der Waals surface area contributed by atoms with Gasteiger partial charge in [-0.25, -0.2) is 4.39 Å². The molecule has 1 N–H and O–H groups in total. The number of nitrogens with zero attached hydrogens (tertiary/aromatic N) is 1. The molecule has 1 aliphatic heterocycles. The molecule has 174 valence electrons. The zero-order valence-electron chi connectivity index (χ0n) is 18.6. The number of methoxy groups -OCH3 is 1. The number of aliphatic hydroxyl groups excluding tert-OH is 1. The number of likely N-dealkylation sites (tertiary alicyclic amines) is 1. The molecular weight excluding hydrogens is 437 g/mol. The third kappa shape index (κ3) is 4.84. The maximum atomic E-state index is 13.4. The molecule has 1 heterocycles. The molecule has 0 saturated carbocycles. The van der Waals surface area contributed by atoms with E-state index in [4.69, 9.17) is 9.47 Å². The number of Topliss-reactive ketones (excluding diaryl/α,β-unsaturated/α-hetero) is 1. The first kappa shape index (κ1) is 23.2. The minimum Gasteiger partial charge on any atom is -0.507 e. The number of aliphatic hydroxyl groups is 1. The molecule has 1 aliphatic rings. The second kappa shape index (κ2) is 10.3. The fraction of sp³-hybridized carbons (Fsp3) is 0.185. The molecule has 1 saturated heterocycles. The molecule has 3 aromatic carbocycles. The van der Waals surface area contributed by atoms with Gasteiger partial charge in [0.2, 0.25) is 0 Å². The molecule has 4 rings (SSSR count). The molecule has 1 atom stereocenters. The Balaban J connectivity index is 1.73. The summed E-state index contributed by atoms with van der Waals surface area (Å²) in [5.74, 6) is -1.82. The first-order chi connectivity index (χ1) is 16.5. The Kier molecular flexibility index (Phi) is 7.04. The van der Waals surface area contributed by atoms with Gasteiger partial charge in [0.05, 0.1) is 18.2 Å². The monoisotopic (exact) mass is 461 g/mol. The summed E-state index contributed by atoms with van der Waals surface area (Å²) in [6, 6.07) is 21.0. The van der Waals surface area contributed by atoms with Gasteiger partial charge in [0.1, 0.15) is 23.9 Å². The highest BCUT2D eigenvalue weighted by Gasteiger charge is 2.46. The molecule has 1 fully saturated rings. The van der Waals surface area contributed by atoms with Gasteiger partial charge in [-0.3, -0.25) is 9.59 Å². The van der Waals surface area contributed by atoms with E-state index >= 15 is 0 Å². The molecule has 0 bridgehead atoms. The van der Waals surface area contributed by atoms with Gasteiger partial charge in [0, 0.05) is 19.2 Å². The zero-order valence-corrected chi connectivity index (χ0v) is 18.6. The minimum atomic E-state index is -0.847. The van der Waals surface area contributed by atoms with Gasteiger partial charge in [-0.05, 0) is 47.5 Å². The smallest absolute Gasteiger partial charge is 0.295 e. The summed E-state index contributed by atoms with van der Waals surface area (Å²) in [7, 11) is 1.50. The second-order valence-corrected chi connectivity index (χ2v) is 7.84. The van der Waals surface area contributed by atoms with Gasteiger partial charge in [0.15, 0.2) is 0 Å². The molecule has 34 heavy (non-hydrogen) atoms. The molecule has 1 unspecified atom stereocenters. The number of carbonyl (C=O) groups excluding carboxylic acids is 2. The molecule has 0 aromatic heterocycles. The summed E-state index contributed by atoms with van der Waals surface area (Å²) in [6.45, 7) is 0.717. The van der Waals surface area contributed by atoms with Gasteiger partial charge in [-0.1, -0.05) is 42.5 Å². The van der Waals surface area contributed by atoms with Crippen molar-refractivity contribution < 1.29 is 28.6 Å². The summed E-state index contributed by atoms with van der Waals surface area (Å²) < 4.78 is 24.4. The van der Waals surface area contributed by atoms with Gasteiger partial charge in [0.25, 0.3) is 11.7 Å². The van der Waals surface area contributed by atoms with Crippen LogP contribution >= 0.6 is 0 Å². The normalized spacial score (nSPS) is 17.2. The first-order valence-electron chi connectivity index (χ1n) is 10.8. The Morgan fingerprint density at radius 3 is 2.44 bits per heavy atom. The lowest BCUT2D eigenvalue weighted by Crippen LogP contribution is -2.32. The van der Waals surface area contributed by atoms with Crippen molar-refractivity contribution in [3.05, 3.63) is 107 Å². The van der Waals surface area contributed by atoms with Crippen LogP contribution in [-0.4, -0.2) is 42.0 Å². The SMILES string of the molecule is COCCN1C(=O)C(=O)/C(=C(/O)c2ccc(F)cc2)C1c1cccc(OCc2ccccc2)c1. The molecule has 3 aromatic rings. The van der Waals surface area contributed by atoms with Crippen molar-refractivity contribution in [1.82, 2.24) is 4.90 Å². The highest BCUT2D eigenvalue weighted by molar-refractivity contribution is 6.46. The standard InChI is InChI=1S/C27H24FNO5/c1-33-15-14-29-24(20-8-5-9-22(16-20)34-17-18-6-3-2-4-7-18)23(26(31)27(29)32)25(30)19-10-12-21(28)13-11-19/h2-13,16,24,30H,14-15,17H2,1H3/b25-23+. The van der Waals surface area contributed by atoms with Crippen molar-refractivity contribution in [3.8, 4) is 5.75 Å². The second-order valence-electron chi connectivity index (χ2n) is 7.84. The minimum absolute atomic E-state index is 0.0621. The third-order valence-corrected chi connectivity index (χ3v) is 5.62. The number of ether oxygens (including phenoxy) is 2. The van der Waals surface area contributed by atoms with Crippen LogP contribution < -0.4 is 4.74 Å². The third-order valence-electron chi connectivity index (χ3n) is 5.62. The van der Waals surface area contributed by atoms with Crippen LogP contribution in [0.4, 0.5) is 4.39 Å². The first-order valence-corrected chi connectivity index (χ1v) is 10.8. The van der Waals surface area contributed by atoms with Gasteiger partial charge >= 0.3 is 0 Å². The lowest BCUT2D eigenvalue weighted by atomic mass is 9.95. The maximum Gasteiger partial charge on any atom is 0.295 e. The topological polar surface area (TPSA) is 76.1 Å². The van der Waals surface area contributed by atoms with E-state index in [1.165, 1.54) is 36.3 Å². The number of ketones is 1. The summed E-state index contributed by atoms with van der Waals surface area (Å²) in [4.78, 5) is 27.2. The summed E-state index contributed by atoms with van der Waals surface area (Å²) in [5.41, 5.74) is 1.78. The Bertz CT molecular complexity index is 1210. The Morgan fingerprint density at radius 2 is 1.74 bits per heavy atom. The van der Waals surface area contributed by atoms with Gasteiger partial charge < -0.3 is 19.5 Å². The predicted molar refractivity (Wildman–Crippen MR) is 125 cm³/mol. The van der Waals surface area contributed by atoms with Crippen LogP contribution in [0.1, 0.15) is 22.7 Å². The van der Waals surface area contributed by atoms with E-state index in [2.05, 4.69) is 0 Å². The molecule has 0 aliphatic carbocycles. The summed E-state index contributed by atoms with van der Waals surface area (Å²) >= 11 is 0. The van der Waals surface area contributed by atoms with E-state index in [9.17, 15) is 19.1 Å². The lowest BCUT2D eigenvalue weighted by Gasteiger charge is -2.25. The Labute approximate surface area is 196 Å². The highest BCUT2D eigenvalue weighted by Crippen LogP contribution is 2.40. The van der Waals surface area contributed by atoms with Crippen LogP contribution in [0.2, 0.25) is 0 Å². The predicted octanol–water partition coefficient (Wildman–Crippen LogP) is 4.47. The van der Waals surface area contributed by atoms with E-state index in [1.807, 2.05) is 30.3 Å². The van der Waals surface area contributed by atoms with Crippen molar-refractivity contribution >= 4 is 17.4 Å². The Hall–Kier alpha value is -3.97. The van der Waals surface area contributed by atoms with Crippen LogP contribution in [0.5, 0.6) is 5.75 Å². The van der Waals surface area contributed by atoms with Crippen molar-refractivity contribution in [2.24, 2.45) is 0 Å². The van der Waals surface area contributed by atoms with E-state index in [0.717, 1.165) is 5.56 Å². The van der Waals surface area contributed by atoms with Gasteiger partial charge in [-0.2, -0.15) is 0 Å². The number of amides is 1. The van der Waals surface area contributed by atoms with Crippen LogP contribution in [0.25, 0.3) is 5.76 Å². The van der Waals surface area contributed by atoms with E-state index in [-0.39, 0.29) is 30.0 Å². The van der Waals surface area contributed by atoms with E-state index < -0.39 is 23.5 Å². The van der Waals surface area contributed by atoms with Crippen LogP contribution in [0.3, 0.4) is 0 Å². The van der Waals surface area contributed by atoms with Crippen molar-refractivity contribution in [2.75, 3.05) is 20.3 Å². The number of hydrogen-bond donors (Lipinski definition) is 1. The number of halogens is 1. The number of carbonyl (C=O) groups is 2. The number of hydrogen-bond acceptors (Lipinski definition) is 5. The van der Waals surface area contributed by atoms with Crippen molar-refractivity contribution in [1.29, 1.82) is 0 Å². The molecule has 0 spiro atoms. The van der Waals surface area contributed by atoms with Crippen LogP contribution in [-0.2, 0) is 20.9 Å². The Morgan fingerprint density at radius 1 is 1.00 bits per heavy atom. The van der Waals surface area contributed by atoms with Crippen molar-refractivity contribution in [3.63, 3.8) is 0 Å². The summed E-state index contributed by atoms with van der Waals surface area (Å²) in [5, 5.41) is 11.0. The van der Waals surface area contributed by atoms with Crippen LogP contribution in [0, 0.1) is 5.82 Å². The summed E-state index contributed by atoms with van der Waals surface area (Å²) in [6.07, 6.45) is 0. The average Bonchev–Trinajstić information content (AvgIpc) is 3.12. The molecule has 6 nitrogen and oxygen atoms in total. The van der Waals surface area contributed by atoms with Crippen LogP contribution in [0.15, 0.2) is 84.4 Å². The lowest BCUT2D eigenvalue weighted by molar-refractivity contribution is -0.140. The van der Waals surface area contributed by atoms with E-state index in [1.54, 1.807) is 24.3 Å². The average molecular weight is 461 g/mol. The molecule has 1 amide bonds. The fourth-order valence-corrected chi connectivity index (χ4v) is 3.93.